The summed E-state index contributed by atoms with van der Waals surface area (Å²) in [7, 11) is 0. The van der Waals surface area contributed by atoms with Crippen LogP contribution in [0.4, 0.5) is 13.2 Å². The number of para-hydroxylation sites is 1. The minimum Gasteiger partial charge on any atom is -0.478 e. The fourth-order valence-corrected chi connectivity index (χ4v) is 2.43. The normalized spacial score (nSPS) is 13.8. The molecule has 0 atom stereocenters. The van der Waals surface area contributed by atoms with Gasteiger partial charge >= 0.3 is 12.1 Å². The van der Waals surface area contributed by atoms with Crippen molar-refractivity contribution in [2.24, 2.45) is 0 Å². The van der Waals surface area contributed by atoms with Crippen molar-refractivity contribution in [1.82, 2.24) is 0 Å². The van der Waals surface area contributed by atoms with Crippen molar-refractivity contribution in [3.05, 3.63) is 77.4 Å². The second kappa shape index (κ2) is 5.56. The number of carboxylic acid groups (broad SMARTS) is 1. The van der Waals surface area contributed by atoms with Crippen molar-refractivity contribution < 1.29 is 27.8 Å². The van der Waals surface area contributed by atoms with Crippen molar-refractivity contribution >= 4 is 17.3 Å². The lowest BCUT2D eigenvalue weighted by Crippen LogP contribution is -2.10. The zero-order valence-corrected chi connectivity index (χ0v) is 12.2. The van der Waals surface area contributed by atoms with Gasteiger partial charge in [0.1, 0.15) is 17.1 Å². The van der Waals surface area contributed by atoms with Gasteiger partial charge in [-0.15, -0.1) is 0 Å². The average Bonchev–Trinajstić information content (AvgIpc) is 2.53. The Morgan fingerprint density at radius 3 is 2.50 bits per heavy atom. The van der Waals surface area contributed by atoms with E-state index in [1.54, 1.807) is 12.1 Å². The largest absolute Gasteiger partial charge is 0.478 e. The quantitative estimate of drug-likeness (QED) is 0.855. The lowest BCUT2D eigenvalue weighted by molar-refractivity contribution is -0.137. The summed E-state index contributed by atoms with van der Waals surface area (Å²) >= 11 is 0. The Bertz CT molecular complexity index is 879. The Balaban J connectivity index is 2.07. The van der Waals surface area contributed by atoms with Crippen molar-refractivity contribution in [2.75, 3.05) is 0 Å². The molecule has 1 N–H and O–H groups in total. The van der Waals surface area contributed by atoms with E-state index in [1.807, 2.05) is 0 Å². The maximum Gasteiger partial charge on any atom is 0.416 e. The van der Waals surface area contributed by atoms with Gasteiger partial charge in [0.15, 0.2) is 0 Å². The number of rotatable bonds is 2. The van der Waals surface area contributed by atoms with E-state index in [1.165, 1.54) is 24.3 Å². The van der Waals surface area contributed by atoms with Crippen LogP contribution in [0.2, 0.25) is 0 Å². The van der Waals surface area contributed by atoms with E-state index in [0.717, 1.165) is 12.1 Å². The van der Waals surface area contributed by atoms with Gasteiger partial charge in [0.25, 0.3) is 0 Å². The van der Waals surface area contributed by atoms with Crippen molar-refractivity contribution in [3.8, 4) is 5.75 Å². The highest BCUT2D eigenvalue weighted by Crippen LogP contribution is 2.39. The predicted molar refractivity (Wildman–Crippen MR) is 82.5 cm³/mol. The van der Waals surface area contributed by atoms with Gasteiger partial charge in [0.05, 0.1) is 5.56 Å². The Hall–Kier alpha value is -3.02. The molecule has 24 heavy (non-hydrogen) atoms. The van der Waals surface area contributed by atoms with Crippen LogP contribution in [0.1, 0.15) is 27.0 Å². The van der Waals surface area contributed by atoms with Gasteiger partial charge in [0.2, 0.25) is 0 Å². The molecule has 1 heterocycles. The third kappa shape index (κ3) is 2.78. The zero-order chi connectivity index (χ0) is 17.5. The SMILES string of the molecule is C=C1C=C(c2cccc(C(F)(F)F)c2)Oc2c1cccc2C(=O)O. The summed E-state index contributed by atoms with van der Waals surface area (Å²) in [6, 6.07) is 9.20. The monoisotopic (exact) mass is 332 g/mol. The van der Waals surface area contributed by atoms with Crippen molar-refractivity contribution in [2.45, 2.75) is 6.18 Å². The van der Waals surface area contributed by atoms with E-state index in [4.69, 9.17) is 4.74 Å². The molecule has 0 saturated carbocycles. The van der Waals surface area contributed by atoms with Crippen molar-refractivity contribution in [3.63, 3.8) is 0 Å². The molecule has 0 unspecified atom stereocenters. The minimum absolute atomic E-state index is 0.0740. The molecule has 0 amide bonds. The second-order valence-corrected chi connectivity index (χ2v) is 5.20. The lowest BCUT2D eigenvalue weighted by atomic mass is 9.97. The first-order valence-corrected chi connectivity index (χ1v) is 6.90. The van der Waals surface area contributed by atoms with E-state index in [-0.39, 0.29) is 22.6 Å². The van der Waals surface area contributed by atoms with Gasteiger partial charge in [-0.3, -0.25) is 0 Å². The number of benzene rings is 2. The number of halogens is 3. The van der Waals surface area contributed by atoms with Gasteiger partial charge in [-0.1, -0.05) is 30.8 Å². The number of hydrogen-bond acceptors (Lipinski definition) is 2. The molecule has 2 aromatic carbocycles. The molecule has 0 spiro atoms. The highest BCUT2D eigenvalue weighted by molar-refractivity contribution is 5.97. The van der Waals surface area contributed by atoms with E-state index in [0.29, 0.717) is 11.1 Å². The third-order valence-corrected chi connectivity index (χ3v) is 3.58. The number of hydrogen-bond donors (Lipinski definition) is 1. The summed E-state index contributed by atoms with van der Waals surface area (Å²) in [6.07, 6.45) is -2.99. The van der Waals surface area contributed by atoms with E-state index in [9.17, 15) is 23.1 Å². The molecule has 0 radical (unpaired) electrons. The lowest BCUT2D eigenvalue weighted by Gasteiger charge is -2.22. The first-order chi connectivity index (χ1) is 11.3. The molecule has 1 aliphatic heterocycles. The fourth-order valence-electron chi connectivity index (χ4n) is 2.43. The molecule has 2 aromatic rings. The standard InChI is InChI=1S/C18H11F3O3/c1-10-8-15(11-4-2-5-12(9-11)18(19,20)21)24-16-13(10)6-3-7-14(16)17(22)23/h2-9H,1H2,(H,22,23). The van der Waals surface area contributed by atoms with Crippen molar-refractivity contribution in [1.29, 1.82) is 0 Å². The number of aromatic carboxylic acids is 1. The van der Waals surface area contributed by atoms with Gasteiger partial charge in [0, 0.05) is 11.1 Å². The summed E-state index contributed by atoms with van der Waals surface area (Å²) < 4.78 is 44.2. The van der Waals surface area contributed by atoms with Crippen LogP contribution in [-0.4, -0.2) is 11.1 Å². The first kappa shape index (κ1) is 15.9. The fraction of sp³-hybridized carbons (Fsp3) is 0.0556. The van der Waals surface area contributed by atoms with Gasteiger partial charge in [-0.05, 0) is 29.8 Å². The number of ether oxygens (including phenoxy) is 1. The highest BCUT2D eigenvalue weighted by atomic mass is 19.4. The van der Waals surface area contributed by atoms with Crippen LogP contribution in [0.5, 0.6) is 5.75 Å². The van der Waals surface area contributed by atoms with Gasteiger partial charge in [-0.25, -0.2) is 4.79 Å². The molecule has 1 aliphatic rings. The number of carbonyl (C=O) groups is 1. The number of alkyl halides is 3. The molecule has 0 saturated heterocycles. The van der Waals surface area contributed by atoms with Crippen LogP contribution in [0.3, 0.4) is 0 Å². The summed E-state index contributed by atoms with van der Waals surface area (Å²) in [6.45, 7) is 3.83. The van der Waals surface area contributed by atoms with Crippen LogP contribution in [-0.2, 0) is 6.18 Å². The smallest absolute Gasteiger partial charge is 0.416 e. The molecule has 6 heteroatoms. The van der Waals surface area contributed by atoms with E-state index in [2.05, 4.69) is 6.58 Å². The maximum atomic E-state index is 12.9. The minimum atomic E-state index is -4.48. The topological polar surface area (TPSA) is 46.5 Å². The van der Waals surface area contributed by atoms with E-state index >= 15 is 0 Å². The Morgan fingerprint density at radius 2 is 1.83 bits per heavy atom. The molecule has 3 nitrogen and oxygen atoms in total. The summed E-state index contributed by atoms with van der Waals surface area (Å²) in [5.41, 5.74) is 0.257. The third-order valence-electron chi connectivity index (χ3n) is 3.58. The Kier molecular flexibility index (Phi) is 3.67. The second-order valence-electron chi connectivity index (χ2n) is 5.20. The van der Waals surface area contributed by atoms with Gasteiger partial charge < -0.3 is 9.84 Å². The maximum absolute atomic E-state index is 12.9. The summed E-state index contributed by atoms with van der Waals surface area (Å²) in [5, 5.41) is 9.26. The summed E-state index contributed by atoms with van der Waals surface area (Å²) in [4.78, 5) is 11.3. The first-order valence-electron chi connectivity index (χ1n) is 6.90. The molecule has 122 valence electrons. The molecular weight excluding hydrogens is 321 g/mol. The zero-order valence-electron chi connectivity index (χ0n) is 12.2. The molecular formula is C18H11F3O3. The Labute approximate surface area is 135 Å². The summed E-state index contributed by atoms with van der Waals surface area (Å²) in [5.74, 6) is -0.998. The molecule has 0 aromatic heterocycles. The molecule has 3 rings (SSSR count). The average molecular weight is 332 g/mol. The van der Waals surface area contributed by atoms with Crippen LogP contribution in [0, 0.1) is 0 Å². The van der Waals surface area contributed by atoms with E-state index < -0.39 is 17.7 Å². The molecule has 0 bridgehead atoms. The molecule has 0 fully saturated rings. The number of fused-ring (bicyclic) bond motifs is 1. The number of allylic oxidation sites excluding steroid dienone is 2. The van der Waals surface area contributed by atoms with Crippen LogP contribution >= 0.6 is 0 Å². The van der Waals surface area contributed by atoms with Crippen LogP contribution in [0.25, 0.3) is 11.3 Å². The van der Waals surface area contributed by atoms with Crippen LogP contribution in [0.15, 0.2) is 55.1 Å². The predicted octanol–water partition coefficient (Wildman–Crippen LogP) is 4.85. The van der Waals surface area contributed by atoms with Crippen LogP contribution < -0.4 is 4.74 Å². The molecule has 0 aliphatic carbocycles. The Morgan fingerprint density at radius 1 is 1.12 bits per heavy atom. The highest BCUT2D eigenvalue weighted by Gasteiger charge is 2.31. The van der Waals surface area contributed by atoms with Gasteiger partial charge in [-0.2, -0.15) is 13.2 Å². The number of carboxylic acids is 1.